The molecule has 1 spiro atoms. The van der Waals surface area contributed by atoms with E-state index in [2.05, 4.69) is 5.32 Å². The molecular formula is C12H12F2N2O. The van der Waals surface area contributed by atoms with Crippen molar-refractivity contribution in [2.24, 2.45) is 0 Å². The summed E-state index contributed by atoms with van der Waals surface area (Å²) in [6.07, 6.45) is 1.27. The SMILES string of the molecule is CN1C(=O)C2(CC2)NC1c1ccc(F)c(F)c1. The molecule has 1 heterocycles. The molecule has 1 aromatic rings. The van der Waals surface area contributed by atoms with Gasteiger partial charge in [-0.3, -0.25) is 10.1 Å². The van der Waals surface area contributed by atoms with Crippen LogP contribution in [0.25, 0.3) is 0 Å². The van der Waals surface area contributed by atoms with Crippen molar-refractivity contribution < 1.29 is 13.6 Å². The van der Waals surface area contributed by atoms with Crippen LogP contribution < -0.4 is 5.32 Å². The molecule has 5 heteroatoms. The summed E-state index contributed by atoms with van der Waals surface area (Å²) in [4.78, 5) is 13.5. The van der Waals surface area contributed by atoms with Crippen LogP contribution in [0, 0.1) is 11.6 Å². The molecule has 0 bridgehead atoms. The first-order valence-electron chi connectivity index (χ1n) is 5.53. The Labute approximate surface area is 97.4 Å². The van der Waals surface area contributed by atoms with E-state index in [4.69, 9.17) is 0 Å². The van der Waals surface area contributed by atoms with Crippen LogP contribution in [-0.4, -0.2) is 23.4 Å². The van der Waals surface area contributed by atoms with Gasteiger partial charge in [0.05, 0.1) is 0 Å². The van der Waals surface area contributed by atoms with E-state index in [1.54, 1.807) is 11.9 Å². The zero-order chi connectivity index (χ0) is 12.2. The number of amides is 1. The van der Waals surface area contributed by atoms with Crippen LogP contribution in [0.4, 0.5) is 8.78 Å². The van der Waals surface area contributed by atoms with Crippen molar-refractivity contribution in [1.29, 1.82) is 0 Å². The fraction of sp³-hybridized carbons (Fsp3) is 0.417. The van der Waals surface area contributed by atoms with Gasteiger partial charge in [0.15, 0.2) is 11.6 Å². The minimum Gasteiger partial charge on any atom is -0.324 e. The van der Waals surface area contributed by atoms with Crippen LogP contribution in [0.2, 0.25) is 0 Å². The Morgan fingerprint density at radius 1 is 1.35 bits per heavy atom. The maximum atomic E-state index is 13.2. The Kier molecular flexibility index (Phi) is 2.04. The second kappa shape index (κ2) is 3.26. The number of halogens is 2. The number of rotatable bonds is 1. The molecule has 1 N–H and O–H groups in total. The average Bonchev–Trinajstić information content (AvgIpc) is 3.04. The number of likely N-dealkylation sites (N-methyl/N-ethyl adjacent to an activating group) is 1. The summed E-state index contributed by atoms with van der Waals surface area (Å²) in [5.74, 6) is -1.73. The number of nitrogens with one attached hydrogen (secondary N) is 1. The second-order valence-electron chi connectivity index (χ2n) is 4.72. The Morgan fingerprint density at radius 3 is 2.59 bits per heavy atom. The molecule has 1 aliphatic carbocycles. The molecule has 0 aromatic heterocycles. The third kappa shape index (κ3) is 1.45. The highest BCUT2D eigenvalue weighted by Crippen LogP contribution is 2.45. The zero-order valence-corrected chi connectivity index (χ0v) is 9.34. The molecule has 17 heavy (non-hydrogen) atoms. The fourth-order valence-corrected chi connectivity index (χ4v) is 2.35. The minimum absolute atomic E-state index is 0.0345. The molecule has 2 fully saturated rings. The van der Waals surface area contributed by atoms with Gasteiger partial charge >= 0.3 is 0 Å². The first kappa shape index (κ1) is 10.7. The average molecular weight is 238 g/mol. The second-order valence-corrected chi connectivity index (χ2v) is 4.72. The van der Waals surface area contributed by atoms with E-state index >= 15 is 0 Å². The lowest BCUT2D eigenvalue weighted by Gasteiger charge is -2.19. The molecule has 1 atom stereocenters. The van der Waals surface area contributed by atoms with Gasteiger partial charge < -0.3 is 4.90 Å². The first-order valence-corrected chi connectivity index (χ1v) is 5.53. The van der Waals surface area contributed by atoms with Gasteiger partial charge in [0, 0.05) is 7.05 Å². The van der Waals surface area contributed by atoms with Crippen molar-refractivity contribution in [3.8, 4) is 0 Å². The third-order valence-electron chi connectivity index (χ3n) is 3.54. The summed E-state index contributed by atoms with van der Waals surface area (Å²) in [5.41, 5.74) is 0.133. The summed E-state index contributed by atoms with van der Waals surface area (Å²) in [7, 11) is 1.67. The standard InChI is InChI=1S/C12H12F2N2O/c1-16-10(15-12(4-5-12)11(16)17)7-2-3-8(13)9(14)6-7/h2-3,6,10,15H,4-5H2,1H3. The number of carbonyl (C=O) groups is 1. The normalized spacial score (nSPS) is 25.7. The van der Waals surface area contributed by atoms with Gasteiger partial charge in [0.25, 0.3) is 0 Å². The largest absolute Gasteiger partial charge is 0.324 e. The van der Waals surface area contributed by atoms with Gasteiger partial charge in [-0.2, -0.15) is 0 Å². The number of carbonyl (C=O) groups excluding carboxylic acids is 1. The lowest BCUT2D eigenvalue weighted by Crippen LogP contribution is -2.30. The summed E-state index contributed by atoms with van der Waals surface area (Å²) in [5, 5.41) is 3.19. The van der Waals surface area contributed by atoms with E-state index in [9.17, 15) is 13.6 Å². The van der Waals surface area contributed by atoms with Crippen LogP contribution in [0.1, 0.15) is 24.6 Å². The molecule has 3 rings (SSSR count). The van der Waals surface area contributed by atoms with Crippen molar-refractivity contribution in [2.45, 2.75) is 24.5 Å². The molecule has 2 aliphatic rings. The lowest BCUT2D eigenvalue weighted by atomic mass is 10.1. The maximum Gasteiger partial charge on any atom is 0.244 e. The van der Waals surface area contributed by atoms with Gasteiger partial charge in [0.2, 0.25) is 5.91 Å². The highest BCUT2D eigenvalue weighted by molar-refractivity contribution is 5.91. The van der Waals surface area contributed by atoms with Gasteiger partial charge in [-0.25, -0.2) is 8.78 Å². The predicted molar refractivity (Wildman–Crippen MR) is 57.0 cm³/mol. The smallest absolute Gasteiger partial charge is 0.244 e. The minimum atomic E-state index is -0.887. The Hall–Kier alpha value is -1.49. The number of nitrogens with zero attached hydrogens (tertiary/aromatic N) is 1. The summed E-state index contributed by atoms with van der Waals surface area (Å²) in [6.45, 7) is 0. The molecule has 90 valence electrons. The molecule has 1 saturated carbocycles. The van der Waals surface area contributed by atoms with Crippen molar-refractivity contribution in [1.82, 2.24) is 10.2 Å². The van der Waals surface area contributed by atoms with E-state index in [-0.39, 0.29) is 12.1 Å². The van der Waals surface area contributed by atoms with Crippen molar-refractivity contribution >= 4 is 5.91 Å². The van der Waals surface area contributed by atoms with Gasteiger partial charge in [-0.15, -0.1) is 0 Å². The quantitative estimate of drug-likeness (QED) is 0.805. The molecule has 1 unspecified atom stereocenters. The Balaban J connectivity index is 1.94. The van der Waals surface area contributed by atoms with Gasteiger partial charge in [0.1, 0.15) is 11.7 Å². The summed E-state index contributed by atoms with van der Waals surface area (Å²) in [6, 6.07) is 3.72. The van der Waals surface area contributed by atoms with E-state index in [0.717, 1.165) is 25.0 Å². The number of hydrogen-bond acceptors (Lipinski definition) is 2. The van der Waals surface area contributed by atoms with Crippen LogP contribution in [0.3, 0.4) is 0 Å². The van der Waals surface area contributed by atoms with Crippen LogP contribution in [0.5, 0.6) is 0 Å². The van der Waals surface area contributed by atoms with Crippen LogP contribution in [-0.2, 0) is 4.79 Å². The van der Waals surface area contributed by atoms with E-state index < -0.39 is 17.2 Å². The molecular weight excluding hydrogens is 226 g/mol. The third-order valence-corrected chi connectivity index (χ3v) is 3.54. The van der Waals surface area contributed by atoms with E-state index in [1.165, 1.54) is 6.07 Å². The lowest BCUT2D eigenvalue weighted by molar-refractivity contribution is -0.129. The Bertz CT molecular complexity index is 499. The van der Waals surface area contributed by atoms with Crippen molar-refractivity contribution in [3.05, 3.63) is 35.4 Å². The molecule has 1 aromatic carbocycles. The molecule has 1 amide bonds. The molecule has 1 aliphatic heterocycles. The van der Waals surface area contributed by atoms with Crippen LogP contribution in [0.15, 0.2) is 18.2 Å². The fourth-order valence-electron chi connectivity index (χ4n) is 2.35. The van der Waals surface area contributed by atoms with Gasteiger partial charge in [-0.05, 0) is 30.5 Å². The monoisotopic (exact) mass is 238 g/mol. The Morgan fingerprint density at radius 2 is 2.06 bits per heavy atom. The van der Waals surface area contributed by atoms with Crippen molar-refractivity contribution in [3.63, 3.8) is 0 Å². The zero-order valence-electron chi connectivity index (χ0n) is 9.34. The molecule has 3 nitrogen and oxygen atoms in total. The first-order chi connectivity index (χ1) is 8.03. The summed E-state index contributed by atoms with van der Waals surface area (Å²) < 4.78 is 26.0. The topological polar surface area (TPSA) is 32.3 Å². The number of hydrogen-bond donors (Lipinski definition) is 1. The number of benzene rings is 1. The molecule has 1 saturated heterocycles. The maximum absolute atomic E-state index is 13.2. The molecule has 0 radical (unpaired) electrons. The summed E-state index contributed by atoms with van der Waals surface area (Å²) >= 11 is 0. The van der Waals surface area contributed by atoms with E-state index in [1.807, 2.05) is 0 Å². The van der Waals surface area contributed by atoms with Crippen LogP contribution >= 0.6 is 0 Å². The predicted octanol–water partition coefficient (Wildman–Crippen LogP) is 1.56. The van der Waals surface area contributed by atoms with Gasteiger partial charge in [-0.1, -0.05) is 6.07 Å². The van der Waals surface area contributed by atoms with Crippen molar-refractivity contribution in [2.75, 3.05) is 7.05 Å². The highest BCUT2D eigenvalue weighted by Gasteiger charge is 2.58. The highest BCUT2D eigenvalue weighted by atomic mass is 19.2. The van der Waals surface area contributed by atoms with E-state index in [0.29, 0.717) is 5.56 Å².